The average Bonchev–Trinajstić information content (AvgIpc) is 2.64. The number of carbonyl (C=O) groups is 1. The minimum Gasteiger partial charge on any atom is -0.508 e. The summed E-state index contributed by atoms with van der Waals surface area (Å²) in [5.74, 6) is 0.134. The molecule has 0 aliphatic heterocycles. The molecule has 0 spiro atoms. The third-order valence-electron chi connectivity index (χ3n) is 3.42. The van der Waals surface area contributed by atoms with Crippen LogP contribution in [-0.4, -0.2) is 10.9 Å². The number of ketones is 1. The van der Waals surface area contributed by atoms with Crippen LogP contribution in [0.25, 0.3) is 0 Å². The molecular formula is C21H20O2. The van der Waals surface area contributed by atoms with Gasteiger partial charge in [-0.2, -0.15) is 0 Å². The highest BCUT2D eigenvalue weighted by Crippen LogP contribution is 2.13. The number of carbonyl (C=O) groups excluding carboxylic acids is 1. The molecule has 0 unspecified atom stereocenters. The summed E-state index contributed by atoms with van der Waals surface area (Å²) in [7, 11) is 0. The quantitative estimate of drug-likeness (QED) is 0.701. The largest absolute Gasteiger partial charge is 0.508 e. The molecule has 0 aliphatic carbocycles. The maximum atomic E-state index is 11.9. The van der Waals surface area contributed by atoms with Crippen LogP contribution >= 0.6 is 0 Å². The van der Waals surface area contributed by atoms with E-state index in [1.165, 1.54) is 17.7 Å². The van der Waals surface area contributed by atoms with E-state index in [-0.39, 0.29) is 11.5 Å². The minimum atomic E-state index is -0.0319. The van der Waals surface area contributed by atoms with Crippen molar-refractivity contribution in [1.82, 2.24) is 0 Å². The Kier molecular flexibility index (Phi) is 6.13. The van der Waals surface area contributed by atoms with Crippen LogP contribution in [0.1, 0.15) is 28.4 Å². The lowest BCUT2D eigenvalue weighted by Gasteiger charge is -2.00. The molecule has 0 saturated carbocycles. The van der Waals surface area contributed by atoms with E-state index >= 15 is 0 Å². The molecule has 3 aromatic carbocycles. The van der Waals surface area contributed by atoms with E-state index in [0.717, 1.165) is 6.42 Å². The first-order valence-corrected chi connectivity index (χ1v) is 7.63. The van der Waals surface area contributed by atoms with Gasteiger partial charge in [0.1, 0.15) is 5.75 Å². The van der Waals surface area contributed by atoms with Gasteiger partial charge in [-0.25, -0.2) is 0 Å². The van der Waals surface area contributed by atoms with E-state index in [0.29, 0.717) is 11.1 Å². The predicted molar refractivity (Wildman–Crippen MR) is 93.8 cm³/mol. The van der Waals surface area contributed by atoms with Gasteiger partial charge in [0.05, 0.1) is 0 Å². The van der Waals surface area contributed by atoms with Gasteiger partial charge >= 0.3 is 0 Å². The van der Waals surface area contributed by atoms with Gasteiger partial charge in [-0.3, -0.25) is 4.79 Å². The van der Waals surface area contributed by atoms with Crippen LogP contribution < -0.4 is 0 Å². The predicted octanol–water partition coefficient (Wildman–Crippen LogP) is 4.87. The first-order valence-electron chi connectivity index (χ1n) is 7.63. The second-order valence-corrected chi connectivity index (χ2v) is 5.08. The first-order chi connectivity index (χ1) is 11.2. The summed E-state index contributed by atoms with van der Waals surface area (Å²) >= 11 is 0. The number of phenols is 1. The lowest BCUT2D eigenvalue weighted by atomic mass is 10.0. The fourth-order valence-corrected chi connectivity index (χ4v) is 2.08. The van der Waals surface area contributed by atoms with Crippen LogP contribution in [0.15, 0.2) is 84.9 Å². The molecule has 2 heteroatoms. The van der Waals surface area contributed by atoms with Crippen LogP contribution in [0.3, 0.4) is 0 Å². The van der Waals surface area contributed by atoms with Crippen LogP contribution in [-0.2, 0) is 6.42 Å². The van der Waals surface area contributed by atoms with E-state index in [1.54, 1.807) is 24.3 Å². The van der Waals surface area contributed by atoms with E-state index < -0.39 is 0 Å². The van der Waals surface area contributed by atoms with Gasteiger partial charge in [0, 0.05) is 11.1 Å². The SMILES string of the molecule is CCc1ccccc1.O=C(c1ccccc1)c1ccc(O)cc1. The fraction of sp³-hybridized carbons (Fsp3) is 0.0952. The Morgan fingerprint density at radius 1 is 0.739 bits per heavy atom. The highest BCUT2D eigenvalue weighted by molar-refractivity contribution is 6.08. The normalized spacial score (nSPS) is 9.61. The van der Waals surface area contributed by atoms with E-state index in [9.17, 15) is 4.79 Å². The number of aromatic hydroxyl groups is 1. The Bertz CT molecular complexity index is 717. The molecule has 0 saturated heterocycles. The molecular weight excluding hydrogens is 284 g/mol. The highest BCUT2D eigenvalue weighted by atomic mass is 16.3. The number of hydrogen-bond donors (Lipinski definition) is 1. The molecule has 1 N–H and O–H groups in total. The van der Waals surface area contributed by atoms with Crippen molar-refractivity contribution in [2.24, 2.45) is 0 Å². The standard InChI is InChI=1S/C13H10O2.C8H10/c14-12-8-6-11(7-9-12)13(15)10-4-2-1-3-5-10;1-2-8-6-4-3-5-7-8/h1-9,14H;3-7H,2H2,1H3. The molecule has 0 bridgehead atoms. The monoisotopic (exact) mass is 304 g/mol. The molecule has 0 fully saturated rings. The Labute approximate surface area is 137 Å². The zero-order chi connectivity index (χ0) is 16.5. The highest BCUT2D eigenvalue weighted by Gasteiger charge is 2.07. The van der Waals surface area contributed by atoms with E-state index in [4.69, 9.17) is 5.11 Å². The van der Waals surface area contributed by atoms with E-state index in [2.05, 4.69) is 31.2 Å². The topological polar surface area (TPSA) is 37.3 Å². The maximum absolute atomic E-state index is 11.9. The Morgan fingerprint density at radius 2 is 1.22 bits per heavy atom. The van der Waals surface area contributed by atoms with Gasteiger partial charge < -0.3 is 5.11 Å². The third kappa shape index (κ3) is 5.11. The second kappa shape index (κ2) is 8.54. The maximum Gasteiger partial charge on any atom is 0.193 e. The van der Waals surface area contributed by atoms with Gasteiger partial charge in [0.25, 0.3) is 0 Å². The molecule has 3 aromatic rings. The molecule has 2 nitrogen and oxygen atoms in total. The number of benzene rings is 3. The minimum absolute atomic E-state index is 0.0319. The molecule has 0 atom stereocenters. The zero-order valence-corrected chi connectivity index (χ0v) is 13.1. The van der Waals surface area contributed by atoms with E-state index in [1.807, 2.05) is 24.3 Å². The van der Waals surface area contributed by atoms with Crippen LogP contribution in [0.5, 0.6) is 5.75 Å². The van der Waals surface area contributed by atoms with Gasteiger partial charge in [0.2, 0.25) is 0 Å². The molecule has 116 valence electrons. The molecule has 0 heterocycles. The fourth-order valence-electron chi connectivity index (χ4n) is 2.08. The Morgan fingerprint density at radius 3 is 1.70 bits per heavy atom. The summed E-state index contributed by atoms with van der Waals surface area (Å²) in [5, 5.41) is 9.10. The van der Waals surface area contributed by atoms with Crippen LogP contribution in [0.2, 0.25) is 0 Å². The summed E-state index contributed by atoms with van der Waals surface area (Å²) in [6.07, 6.45) is 1.14. The van der Waals surface area contributed by atoms with Crippen LogP contribution in [0, 0.1) is 0 Å². The van der Waals surface area contributed by atoms with Crippen molar-refractivity contribution in [2.45, 2.75) is 13.3 Å². The van der Waals surface area contributed by atoms with Gasteiger partial charge in [-0.15, -0.1) is 0 Å². The summed E-state index contributed by atoms with van der Waals surface area (Å²) in [5.41, 5.74) is 2.65. The molecule has 0 aromatic heterocycles. The number of phenolic OH excluding ortho intramolecular Hbond substituents is 1. The van der Waals surface area contributed by atoms with Gasteiger partial charge in [0.15, 0.2) is 5.78 Å². The van der Waals surface area contributed by atoms with Gasteiger partial charge in [-0.1, -0.05) is 67.6 Å². The van der Waals surface area contributed by atoms with Crippen molar-refractivity contribution in [1.29, 1.82) is 0 Å². The average molecular weight is 304 g/mol. The second-order valence-electron chi connectivity index (χ2n) is 5.08. The molecule has 3 rings (SSSR count). The summed E-state index contributed by atoms with van der Waals surface area (Å²) in [6.45, 7) is 2.16. The lowest BCUT2D eigenvalue weighted by Crippen LogP contribution is -1.99. The Hall–Kier alpha value is -2.87. The van der Waals surface area contributed by atoms with Gasteiger partial charge in [-0.05, 0) is 36.2 Å². The summed E-state index contributed by atoms with van der Waals surface area (Å²) in [4.78, 5) is 11.9. The zero-order valence-electron chi connectivity index (χ0n) is 13.1. The van der Waals surface area contributed by atoms with Crippen molar-refractivity contribution in [3.8, 4) is 5.75 Å². The molecule has 0 aliphatic rings. The summed E-state index contributed by atoms with van der Waals surface area (Å²) in [6, 6.07) is 25.8. The molecule has 23 heavy (non-hydrogen) atoms. The lowest BCUT2D eigenvalue weighted by molar-refractivity contribution is 0.103. The first kappa shape index (κ1) is 16.5. The number of hydrogen-bond acceptors (Lipinski definition) is 2. The third-order valence-corrected chi connectivity index (χ3v) is 3.42. The Balaban J connectivity index is 0.000000203. The van der Waals surface area contributed by atoms with Crippen molar-refractivity contribution in [3.05, 3.63) is 102 Å². The number of aryl methyl sites for hydroxylation is 1. The van der Waals surface area contributed by atoms with Crippen molar-refractivity contribution >= 4 is 5.78 Å². The smallest absolute Gasteiger partial charge is 0.193 e. The van der Waals surface area contributed by atoms with Crippen LogP contribution in [0.4, 0.5) is 0 Å². The van der Waals surface area contributed by atoms with Crippen molar-refractivity contribution in [2.75, 3.05) is 0 Å². The number of rotatable bonds is 3. The summed E-state index contributed by atoms with van der Waals surface area (Å²) < 4.78 is 0. The molecule has 0 amide bonds. The van der Waals surface area contributed by atoms with Crippen molar-refractivity contribution in [3.63, 3.8) is 0 Å². The van der Waals surface area contributed by atoms with Crippen molar-refractivity contribution < 1.29 is 9.90 Å². The molecule has 0 radical (unpaired) electrons.